The van der Waals surface area contributed by atoms with E-state index in [2.05, 4.69) is 24.0 Å². The number of rotatable bonds is 11. The highest BCUT2D eigenvalue weighted by atomic mass is 35.5. The summed E-state index contributed by atoms with van der Waals surface area (Å²) in [7, 11) is 4.07. The molecule has 3 atom stereocenters. The molecule has 1 saturated carbocycles. The number of aliphatic hydroxyl groups is 1. The number of fused-ring (bicyclic) bond motifs is 1. The molecular weight excluding hydrogens is 500 g/mol. The summed E-state index contributed by atoms with van der Waals surface area (Å²) < 4.78 is 6.68. The fourth-order valence-electron chi connectivity index (χ4n) is 5.89. The third kappa shape index (κ3) is 6.45. The van der Waals surface area contributed by atoms with Crippen LogP contribution >= 0.6 is 11.6 Å². The molecule has 1 aliphatic rings. The zero-order valence-electron chi connectivity index (χ0n) is 22.7. The number of amides is 1. The highest BCUT2D eigenvalue weighted by molar-refractivity contribution is 6.29. The van der Waals surface area contributed by atoms with Gasteiger partial charge in [-0.3, -0.25) is 4.79 Å². The minimum atomic E-state index is -1.60. The normalized spacial score (nSPS) is 21.9. The molecule has 0 radical (unpaired) electrons. The third-order valence-electron chi connectivity index (χ3n) is 8.03. The maximum absolute atomic E-state index is 12.6. The van der Waals surface area contributed by atoms with Gasteiger partial charge in [0.2, 0.25) is 5.88 Å². The topological polar surface area (TPSA) is 98.3 Å². The predicted molar refractivity (Wildman–Crippen MR) is 151 cm³/mol. The van der Waals surface area contributed by atoms with Gasteiger partial charge in [-0.1, -0.05) is 49.2 Å². The van der Waals surface area contributed by atoms with E-state index in [1.165, 1.54) is 0 Å². The zero-order valence-corrected chi connectivity index (χ0v) is 23.5. The molecular formula is C30H40ClN4O3+. The lowest BCUT2D eigenvalue weighted by atomic mass is 9.71. The lowest BCUT2D eigenvalue weighted by molar-refractivity contribution is -0.922. The number of nitrogens with zero attached hydrogens (tertiary/aromatic N) is 3. The number of aromatic nitrogens is 2. The molecule has 3 N–H and O–H groups in total. The molecule has 0 bridgehead atoms. The molecule has 38 heavy (non-hydrogen) atoms. The van der Waals surface area contributed by atoms with E-state index < -0.39 is 11.5 Å². The maximum atomic E-state index is 12.6. The summed E-state index contributed by atoms with van der Waals surface area (Å²) in [4.78, 5) is 21.6. The van der Waals surface area contributed by atoms with Crippen LogP contribution in [0, 0.1) is 5.92 Å². The summed E-state index contributed by atoms with van der Waals surface area (Å²) >= 11 is 5.92. The second kappa shape index (κ2) is 12.0. The second-order valence-electron chi connectivity index (χ2n) is 11.2. The van der Waals surface area contributed by atoms with Gasteiger partial charge in [0, 0.05) is 23.7 Å². The number of hydrogen-bond donors (Lipinski definition) is 2. The Bertz CT molecular complexity index is 1250. The smallest absolute Gasteiger partial charge is 0.255 e. The standard InChI is InChI=1S/C30H39ClN4O3/c1-4-5-9-24-18-23-8-6-7-10-25(23)28(34-24)38-16-15-35(2,3)26-13-11-21(19-30(26,37)29(32)36)17-22-12-14-27(31)33-20-22/h6-8,10,12,14,18,20-21,26,37H,4-5,9,11,13,15-17,19H2,1-3H3,(H-,32,36)/p+1/t21?,26-,30+/m0/s1. The van der Waals surface area contributed by atoms with Gasteiger partial charge in [0.25, 0.3) is 5.91 Å². The van der Waals surface area contributed by atoms with Crippen LogP contribution < -0.4 is 10.5 Å². The fraction of sp³-hybridized carbons (Fsp3) is 0.500. The molecule has 2 aromatic heterocycles. The van der Waals surface area contributed by atoms with Crippen molar-refractivity contribution in [3.8, 4) is 5.88 Å². The summed E-state index contributed by atoms with van der Waals surface area (Å²) in [6, 6.07) is 13.7. The molecule has 1 unspecified atom stereocenters. The van der Waals surface area contributed by atoms with Gasteiger partial charge < -0.3 is 20.1 Å². The second-order valence-corrected chi connectivity index (χ2v) is 11.6. The SMILES string of the molecule is CCCCc1cc2ccccc2c(OCC[N+](C)(C)[C@H]2CCC(Cc3ccc(Cl)nc3)C[C@]2(O)C(N)=O)n1. The Hall–Kier alpha value is -2.74. The number of carbonyl (C=O) groups excluding carboxylic acids is 1. The first-order valence-electron chi connectivity index (χ1n) is 13.6. The number of carbonyl (C=O) groups is 1. The number of benzene rings is 1. The van der Waals surface area contributed by atoms with Crippen LogP contribution in [0.5, 0.6) is 5.88 Å². The molecule has 0 aliphatic heterocycles. The molecule has 0 spiro atoms. The summed E-state index contributed by atoms with van der Waals surface area (Å²) in [6.45, 7) is 3.18. The number of hydrogen-bond acceptors (Lipinski definition) is 5. The average Bonchev–Trinajstić information content (AvgIpc) is 2.88. The quantitative estimate of drug-likeness (QED) is 0.272. The van der Waals surface area contributed by atoms with E-state index in [-0.39, 0.29) is 12.0 Å². The first-order valence-corrected chi connectivity index (χ1v) is 14.0. The molecule has 1 aliphatic carbocycles. The van der Waals surface area contributed by atoms with E-state index >= 15 is 0 Å². The van der Waals surface area contributed by atoms with Crippen molar-refractivity contribution in [2.45, 2.75) is 63.5 Å². The lowest BCUT2D eigenvalue weighted by Crippen LogP contribution is -2.68. The van der Waals surface area contributed by atoms with Crippen LogP contribution in [0.15, 0.2) is 48.7 Å². The summed E-state index contributed by atoms with van der Waals surface area (Å²) in [5, 5.41) is 14.2. The number of halogens is 1. The van der Waals surface area contributed by atoms with Crippen LogP contribution in [0.1, 0.15) is 50.3 Å². The number of ether oxygens (including phenoxy) is 1. The van der Waals surface area contributed by atoms with Gasteiger partial charge in [0.15, 0.2) is 5.60 Å². The first-order chi connectivity index (χ1) is 18.1. The van der Waals surface area contributed by atoms with Crippen LogP contribution in [-0.4, -0.2) is 64.4 Å². The average molecular weight is 540 g/mol. The molecule has 8 heteroatoms. The van der Waals surface area contributed by atoms with Gasteiger partial charge in [-0.25, -0.2) is 9.97 Å². The van der Waals surface area contributed by atoms with Crippen LogP contribution in [0.3, 0.4) is 0 Å². The van der Waals surface area contributed by atoms with Crippen molar-refractivity contribution in [2.75, 3.05) is 27.2 Å². The number of primary amides is 1. The summed E-state index contributed by atoms with van der Waals surface area (Å²) in [5.74, 6) is 0.105. The molecule has 1 aromatic carbocycles. The number of quaternary nitrogens is 1. The van der Waals surface area contributed by atoms with E-state index in [0.29, 0.717) is 41.5 Å². The number of nitrogens with two attached hydrogens (primary N) is 1. The minimum Gasteiger partial charge on any atom is -0.471 e. The Morgan fingerprint density at radius 1 is 1.24 bits per heavy atom. The van der Waals surface area contributed by atoms with E-state index in [1.807, 2.05) is 38.4 Å². The monoisotopic (exact) mass is 539 g/mol. The van der Waals surface area contributed by atoms with Gasteiger partial charge in [-0.2, -0.15) is 0 Å². The molecule has 7 nitrogen and oxygen atoms in total. The zero-order chi connectivity index (χ0) is 27.3. The molecule has 204 valence electrons. The van der Waals surface area contributed by atoms with Crippen molar-refractivity contribution in [3.63, 3.8) is 0 Å². The fourth-order valence-corrected chi connectivity index (χ4v) is 6.00. The Balaban J connectivity index is 1.45. The van der Waals surface area contributed by atoms with Gasteiger partial charge in [0.05, 0.1) is 14.1 Å². The Labute approximate surface area is 230 Å². The minimum absolute atomic E-state index is 0.129. The van der Waals surface area contributed by atoms with E-state index in [0.717, 1.165) is 54.1 Å². The molecule has 4 rings (SSSR count). The number of pyridine rings is 2. The number of unbranched alkanes of at least 4 members (excludes halogenated alkanes) is 1. The van der Waals surface area contributed by atoms with Crippen LogP contribution in [-0.2, 0) is 17.6 Å². The van der Waals surface area contributed by atoms with Crippen LogP contribution in [0.2, 0.25) is 5.15 Å². The third-order valence-corrected chi connectivity index (χ3v) is 8.26. The summed E-state index contributed by atoms with van der Waals surface area (Å²) in [6.07, 6.45) is 7.47. The lowest BCUT2D eigenvalue weighted by Gasteiger charge is -2.49. The molecule has 0 saturated heterocycles. The van der Waals surface area contributed by atoms with Crippen molar-refractivity contribution >= 4 is 28.3 Å². The highest BCUT2D eigenvalue weighted by Crippen LogP contribution is 2.39. The highest BCUT2D eigenvalue weighted by Gasteiger charge is 2.54. The van der Waals surface area contributed by atoms with Crippen LogP contribution in [0.4, 0.5) is 0 Å². The van der Waals surface area contributed by atoms with E-state index in [4.69, 9.17) is 27.1 Å². The molecule has 3 aromatic rings. The van der Waals surface area contributed by atoms with E-state index in [1.54, 1.807) is 12.3 Å². The number of likely N-dealkylation sites (N-methyl/N-ethyl adjacent to an activating group) is 1. The van der Waals surface area contributed by atoms with Crippen molar-refractivity contribution in [1.29, 1.82) is 0 Å². The summed E-state index contributed by atoms with van der Waals surface area (Å²) in [5.41, 5.74) is 6.30. The maximum Gasteiger partial charge on any atom is 0.255 e. The van der Waals surface area contributed by atoms with Gasteiger partial charge in [-0.05, 0) is 67.2 Å². The van der Waals surface area contributed by atoms with Crippen LogP contribution in [0.25, 0.3) is 10.8 Å². The van der Waals surface area contributed by atoms with Gasteiger partial charge >= 0.3 is 0 Å². The predicted octanol–water partition coefficient (Wildman–Crippen LogP) is 4.71. The molecule has 1 fully saturated rings. The first kappa shape index (κ1) is 28.3. The largest absolute Gasteiger partial charge is 0.471 e. The van der Waals surface area contributed by atoms with Crippen molar-refractivity contribution < 1.29 is 19.1 Å². The van der Waals surface area contributed by atoms with Gasteiger partial charge in [0.1, 0.15) is 24.3 Å². The Kier molecular flexibility index (Phi) is 8.91. The van der Waals surface area contributed by atoms with Crippen molar-refractivity contribution in [1.82, 2.24) is 9.97 Å². The number of aryl methyl sites for hydroxylation is 1. The van der Waals surface area contributed by atoms with Crippen molar-refractivity contribution in [3.05, 3.63) is 65.1 Å². The Morgan fingerprint density at radius 2 is 2.03 bits per heavy atom. The van der Waals surface area contributed by atoms with E-state index in [9.17, 15) is 9.90 Å². The molecule has 2 heterocycles. The van der Waals surface area contributed by atoms with Gasteiger partial charge in [-0.15, -0.1) is 0 Å². The van der Waals surface area contributed by atoms with Crippen molar-refractivity contribution in [2.24, 2.45) is 11.7 Å². The Morgan fingerprint density at radius 3 is 2.74 bits per heavy atom. The molecule has 1 amide bonds.